The summed E-state index contributed by atoms with van der Waals surface area (Å²) in [6, 6.07) is 3.04. The minimum atomic E-state index is -1.28. The van der Waals surface area contributed by atoms with Gasteiger partial charge < -0.3 is 15.3 Å². The van der Waals surface area contributed by atoms with Crippen molar-refractivity contribution in [3.05, 3.63) is 29.6 Å². The van der Waals surface area contributed by atoms with Crippen LogP contribution in [0, 0.1) is 11.7 Å². The van der Waals surface area contributed by atoms with Crippen molar-refractivity contribution in [2.24, 2.45) is 5.92 Å². The topological polar surface area (TPSA) is 69.6 Å². The Morgan fingerprint density at radius 1 is 1.40 bits per heavy atom. The number of benzene rings is 1. The quantitative estimate of drug-likeness (QED) is 0.875. The van der Waals surface area contributed by atoms with E-state index >= 15 is 0 Å². The molecule has 0 saturated carbocycles. The molecule has 108 valence electrons. The number of hydrogen-bond donors (Lipinski definition) is 2. The van der Waals surface area contributed by atoms with Crippen LogP contribution in [0.2, 0.25) is 0 Å². The highest BCUT2D eigenvalue weighted by Crippen LogP contribution is 2.24. The Morgan fingerprint density at radius 2 is 2.10 bits per heavy atom. The molecule has 0 radical (unpaired) electrons. The number of rotatable bonds is 2. The van der Waals surface area contributed by atoms with Gasteiger partial charge in [-0.25, -0.2) is 14.0 Å². The molecule has 1 saturated heterocycles. The van der Waals surface area contributed by atoms with Crippen LogP contribution in [-0.2, 0) is 0 Å². The minimum absolute atomic E-state index is 0.107. The zero-order chi connectivity index (χ0) is 14.9. The molecule has 5 nitrogen and oxygen atoms in total. The third kappa shape index (κ3) is 2.89. The Bertz CT molecular complexity index is 547. The van der Waals surface area contributed by atoms with Gasteiger partial charge in [0.2, 0.25) is 0 Å². The first-order chi connectivity index (χ1) is 9.38. The number of nitrogens with one attached hydrogen (secondary N) is 1. The Morgan fingerprint density at radius 3 is 2.65 bits per heavy atom. The van der Waals surface area contributed by atoms with Gasteiger partial charge in [-0.15, -0.1) is 0 Å². The van der Waals surface area contributed by atoms with Gasteiger partial charge in [0.25, 0.3) is 0 Å². The second-order valence-corrected chi connectivity index (χ2v) is 5.27. The summed E-state index contributed by atoms with van der Waals surface area (Å²) < 4.78 is 13.1. The van der Waals surface area contributed by atoms with Gasteiger partial charge in [-0.05, 0) is 37.5 Å². The summed E-state index contributed by atoms with van der Waals surface area (Å²) in [5, 5.41) is 11.6. The van der Waals surface area contributed by atoms with Crippen molar-refractivity contribution in [2.75, 3.05) is 11.9 Å². The predicted molar refractivity (Wildman–Crippen MR) is 72.3 cm³/mol. The fraction of sp³-hybridized carbons (Fsp3) is 0.429. The van der Waals surface area contributed by atoms with Crippen LogP contribution in [0.15, 0.2) is 18.2 Å². The normalized spacial score (nSPS) is 21.9. The number of carbonyl (C=O) groups is 2. The van der Waals surface area contributed by atoms with E-state index in [0.717, 1.165) is 18.6 Å². The van der Waals surface area contributed by atoms with Crippen LogP contribution >= 0.6 is 0 Å². The molecular weight excluding hydrogens is 263 g/mol. The highest BCUT2D eigenvalue weighted by atomic mass is 19.1. The van der Waals surface area contributed by atoms with Crippen molar-refractivity contribution >= 4 is 17.7 Å². The predicted octanol–water partition coefficient (Wildman–Crippen LogP) is 2.79. The van der Waals surface area contributed by atoms with E-state index in [1.54, 1.807) is 4.90 Å². The summed E-state index contributed by atoms with van der Waals surface area (Å²) in [7, 11) is 0. The first kappa shape index (κ1) is 14.3. The summed E-state index contributed by atoms with van der Waals surface area (Å²) in [6.45, 7) is 4.65. The lowest BCUT2D eigenvalue weighted by molar-refractivity contribution is 0.0697. The molecule has 1 aromatic rings. The maximum absolute atomic E-state index is 13.1. The molecule has 0 aromatic heterocycles. The monoisotopic (exact) mass is 280 g/mol. The molecular formula is C14H17FN2O3. The van der Waals surface area contributed by atoms with E-state index < -0.39 is 11.8 Å². The number of aromatic carboxylic acids is 1. The first-order valence-corrected chi connectivity index (χ1v) is 6.49. The van der Waals surface area contributed by atoms with Gasteiger partial charge in [0.05, 0.1) is 11.3 Å². The van der Waals surface area contributed by atoms with E-state index in [0.29, 0.717) is 12.5 Å². The lowest BCUT2D eigenvalue weighted by Gasteiger charge is -2.22. The third-order valence-electron chi connectivity index (χ3n) is 3.50. The zero-order valence-corrected chi connectivity index (χ0v) is 11.4. The smallest absolute Gasteiger partial charge is 0.337 e. The fourth-order valence-corrected chi connectivity index (χ4v) is 2.57. The Balaban J connectivity index is 2.18. The summed E-state index contributed by atoms with van der Waals surface area (Å²) in [6.07, 6.45) is 0.919. The van der Waals surface area contributed by atoms with E-state index in [1.165, 1.54) is 6.07 Å². The largest absolute Gasteiger partial charge is 0.478 e. The molecule has 6 heteroatoms. The van der Waals surface area contributed by atoms with Crippen molar-refractivity contribution in [3.8, 4) is 0 Å². The fourth-order valence-electron chi connectivity index (χ4n) is 2.57. The molecule has 1 fully saturated rings. The molecule has 2 atom stereocenters. The lowest BCUT2D eigenvalue weighted by Crippen LogP contribution is -2.37. The molecule has 0 bridgehead atoms. The number of amides is 2. The van der Waals surface area contributed by atoms with E-state index in [2.05, 4.69) is 12.2 Å². The van der Waals surface area contributed by atoms with Gasteiger partial charge in [0.15, 0.2) is 0 Å². The van der Waals surface area contributed by atoms with Gasteiger partial charge in [-0.3, -0.25) is 0 Å². The molecule has 1 heterocycles. The van der Waals surface area contributed by atoms with Crippen LogP contribution in [0.5, 0.6) is 0 Å². The standard InChI is InChI=1S/C14H17FN2O3/c1-8-5-9(2)17(7-8)14(20)16-12-4-3-10(15)6-11(12)13(18)19/h3-4,6,8-9H,5,7H2,1-2H3,(H,16,20)(H,18,19). The molecule has 2 rings (SSSR count). The molecule has 0 spiro atoms. The lowest BCUT2D eigenvalue weighted by atomic mass is 10.1. The summed E-state index contributed by atoms with van der Waals surface area (Å²) >= 11 is 0. The molecule has 0 aliphatic carbocycles. The number of urea groups is 1. The van der Waals surface area contributed by atoms with Gasteiger partial charge in [0.1, 0.15) is 5.82 Å². The molecule has 2 unspecified atom stereocenters. The van der Waals surface area contributed by atoms with Crippen LogP contribution in [0.3, 0.4) is 0 Å². The number of carboxylic acids is 1. The van der Waals surface area contributed by atoms with Crippen molar-refractivity contribution < 1.29 is 19.1 Å². The minimum Gasteiger partial charge on any atom is -0.478 e. The van der Waals surface area contributed by atoms with Crippen molar-refractivity contribution in [2.45, 2.75) is 26.3 Å². The van der Waals surface area contributed by atoms with Crippen LogP contribution in [0.1, 0.15) is 30.6 Å². The second kappa shape index (κ2) is 5.48. The summed E-state index contributed by atoms with van der Waals surface area (Å²) in [5.41, 5.74) is -0.145. The van der Waals surface area contributed by atoms with E-state index in [9.17, 15) is 14.0 Å². The van der Waals surface area contributed by atoms with Gasteiger partial charge in [-0.1, -0.05) is 6.92 Å². The van der Waals surface area contributed by atoms with Gasteiger partial charge in [0, 0.05) is 12.6 Å². The van der Waals surface area contributed by atoms with E-state index in [-0.39, 0.29) is 23.3 Å². The van der Waals surface area contributed by atoms with Crippen LogP contribution < -0.4 is 5.32 Å². The maximum atomic E-state index is 13.1. The number of nitrogens with zero attached hydrogens (tertiary/aromatic N) is 1. The summed E-state index contributed by atoms with van der Waals surface area (Å²) in [5.74, 6) is -1.51. The molecule has 1 aliphatic heterocycles. The van der Waals surface area contributed by atoms with Crippen molar-refractivity contribution in [1.82, 2.24) is 4.90 Å². The molecule has 2 amide bonds. The van der Waals surface area contributed by atoms with Crippen molar-refractivity contribution in [1.29, 1.82) is 0 Å². The zero-order valence-electron chi connectivity index (χ0n) is 11.4. The van der Waals surface area contributed by atoms with Crippen LogP contribution in [0.25, 0.3) is 0 Å². The second-order valence-electron chi connectivity index (χ2n) is 5.27. The van der Waals surface area contributed by atoms with Crippen LogP contribution in [0.4, 0.5) is 14.9 Å². The molecule has 20 heavy (non-hydrogen) atoms. The number of carbonyl (C=O) groups excluding carboxylic acids is 1. The number of halogens is 1. The number of anilines is 1. The average Bonchev–Trinajstić information content (AvgIpc) is 2.70. The van der Waals surface area contributed by atoms with Gasteiger partial charge in [-0.2, -0.15) is 0 Å². The Labute approximate surface area is 116 Å². The van der Waals surface area contributed by atoms with E-state index in [4.69, 9.17) is 5.11 Å². The first-order valence-electron chi connectivity index (χ1n) is 6.49. The highest BCUT2D eigenvalue weighted by molar-refractivity contribution is 6.00. The molecule has 1 aliphatic rings. The molecule has 2 N–H and O–H groups in total. The number of carboxylic acid groups (broad SMARTS) is 1. The average molecular weight is 280 g/mol. The SMILES string of the molecule is CC1CC(C)N(C(=O)Nc2ccc(F)cc2C(=O)O)C1. The van der Waals surface area contributed by atoms with E-state index in [1.807, 2.05) is 6.92 Å². The number of likely N-dealkylation sites (tertiary alicyclic amines) is 1. The third-order valence-corrected chi connectivity index (χ3v) is 3.50. The van der Waals surface area contributed by atoms with Crippen molar-refractivity contribution in [3.63, 3.8) is 0 Å². The summed E-state index contributed by atoms with van der Waals surface area (Å²) in [4.78, 5) is 24.9. The Kier molecular flexibility index (Phi) is 3.92. The van der Waals surface area contributed by atoms with Crippen LogP contribution in [-0.4, -0.2) is 34.6 Å². The maximum Gasteiger partial charge on any atom is 0.337 e. The van der Waals surface area contributed by atoms with Gasteiger partial charge >= 0.3 is 12.0 Å². The number of hydrogen-bond acceptors (Lipinski definition) is 2. The highest BCUT2D eigenvalue weighted by Gasteiger charge is 2.30. The Hall–Kier alpha value is -2.11. The molecule has 1 aromatic carbocycles.